The van der Waals surface area contributed by atoms with Gasteiger partial charge in [0.15, 0.2) is 5.96 Å². The highest BCUT2D eigenvalue weighted by Gasteiger charge is 2.08. The summed E-state index contributed by atoms with van der Waals surface area (Å²) in [6.07, 6.45) is 6.55. The molecule has 1 aliphatic heterocycles. The first-order chi connectivity index (χ1) is 13.7. The van der Waals surface area contributed by atoms with Crippen LogP contribution in [0.2, 0.25) is 0 Å². The van der Waals surface area contributed by atoms with Gasteiger partial charge in [-0.3, -0.25) is 9.79 Å². The lowest BCUT2D eigenvalue weighted by Gasteiger charge is -2.20. The van der Waals surface area contributed by atoms with Gasteiger partial charge in [0.05, 0.1) is 6.54 Å². The summed E-state index contributed by atoms with van der Waals surface area (Å²) in [5.41, 5.74) is 0.736. The van der Waals surface area contributed by atoms with Crippen molar-refractivity contribution in [1.82, 2.24) is 15.5 Å². The van der Waals surface area contributed by atoms with E-state index in [2.05, 4.69) is 25.8 Å². The SMILES string of the molecule is CN=C(NCCCN1CCCCCC1)NCCOc1cccc(NC(C)=O)c1. The predicted octanol–water partition coefficient (Wildman–Crippen LogP) is 2.45. The van der Waals surface area contributed by atoms with Crippen molar-refractivity contribution >= 4 is 17.6 Å². The molecule has 1 aromatic carbocycles. The normalized spacial score (nSPS) is 15.6. The monoisotopic (exact) mass is 389 g/mol. The number of likely N-dealkylation sites (tertiary alicyclic amines) is 1. The van der Waals surface area contributed by atoms with Gasteiger partial charge >= 0.3 is 0 Å². The van der Waals surface area contributed by atoms with Gasteiger partial charge < -0.3 is 25.6 Å². The summed E-state index contributed by atoms with van der Waals surface area (Å²) in [5, 5.41) is 9.38. The summed E-state index contributed by atoms with van der Waals surface area (Å²) in [6.45, 7) is 7.20. The van der Waals surface area contributed by atoms with E-state index in [9.17, 15) is 4.79 Å². The van der Waals surface area contributed by atoms with Gasteiger partial charge in [-0.1, -0.05) is 18.9 Å². The van der Waals surface area contributed by atoms with Crippen molar-refractivity contribution in [2.24, 2.45) is 4.99 Å². The molecule has 0 bridgehead atoms. The predicted molar refractivity (Wildman–Crippen MR) is 115 cm³/mol. The number of ether oxygens (including phenoxy) is 1. The third-order valence-electron chi connectivity index (χ3n) is 4.68. The Morgan fingerprint density at radius 1 is 1.14 bits per heavy atom. The lowest BCUT2D eigenvalue weighted by molar-refractivity contribution is -0.114. The van der Waals surface area contributed by atoms with E-state index in [0.29, 0.717) is 13.2 Å². The Bertz CT molecular complexity index is 613. The highest BCUT2D eigenvalue weighted by molar-refractivity contribution is 5.88. The van der Waals surface area contributed by atoms with Crippen LogP contribution < -0.4 is 20.7 Å². The minimum Gasteiger partial charge on any atom is -0.492 e. The van der Waals surface area contributed by atoms with Gasteiger partial charge in [0.1, 0.15) is 12.4 Å². The van der Waals surface area contributed by atoms with Gasteiger partial charge in [-0.2, -0.15) is 0 Å². The number of rotatable bonds is 9. The van der Waals surface area contributed by atoms with E-state index >= 15 is 0 Å². The third-order valence-corrected chi connectivity index (χ3v) is 4.68. The first kappa shape index (κ1) is 22.0. The molecule has 1 heterocycles. The molecule has 0 aliphatic carbocycles. The zero-order valence-corrected chi connectivity index (χ0v) is 17.3. The van der Waals surface area contributed by atoms with Crippen LogP contribution in [-0.2, 0) is 4.79 Å². The number of anilines is 1. The number of nitrogens with one attached hydrogen (secondary N) is 3. The fourth-order valence-corrected chi connectivity index (χ4v) is 3.30. The second-order valence-electron chi connectivity index (χ2n) is 7.09. The lowest BCUT2D eigenvalue weighted by atomic mass is 10.2. The van der Waals surface area contributed by atoms with Crippen LogP contribution >= 0.6 is 0 Å². The van der Waals surface area contributed by atoms with Gasteiger partial charge in [0, 0.05) is 32.3 Å². The van der Waals surface area contributed by atoms with Crippen molar-refractivity contribution < 1.29 is 9.53 Å². The molecule has 1 saturated heterocycles. The summed E-state index contributed by atoms with van der Waals surface area (Å²) in [6, 6.07) is 7.39. The zero-order chi connectivity index (χ0) is 20.0. The first-order valence-corrected chi connectivity index (χ1v) is 10.3. The molecule has 0 spiro atoms. The summed E-state index contributed by atoms with van der Waals surface area (Å²) in [7, 11) is 1.78. The number of aliphatic imine (C=N–C) groups is 1. The Labute approximate surface area is 168 Å². The Hall–Kier alpha value is -2.28. The molecule has 1 aliphatic rings. The topological polar surface area (TPSA) is 78.0 Å². The molecule has 1 fully saturated rings. The quantitative estimate of drug-likeness (QED) is 0.344. The first-order valence-electron chi connectivity index (χ1n) is 10.3. The van der Waals surface area contributed by atoms with Gasteiger partial charge in [-0.15, -0.1) is 0 Å². The van der Waals surface area contributed by atoms with Crippen LogP contribution in [0.25, 0.3) is 0 Å². The molecule has 3 N–H and O–H groups in total. The molecule has 2 rings (SSSR count). The van der Waals surface area contributed by atoms with E-state index in [1.54, 1.807) is 7.05 Å². The summed E-state index contributed by atoms with van der Waals surface area (Å²) >= 11 is 0. The second-order valence-corrected chi connectivity index (χ2v) is 7.09. The fraction of sp³-hybridized carbons (Fsp3) is 0.619. The zero-order valence-electron chi connectivity index (χ0n) is 17.3. The number of carbonyl (C=O) groups is 1. The van der Waals surface area contributed by atoms with Crippen molar-refractivity contribution in [3.8, 4) is 5.75 Å². The van der Waals surface area contributed by atoms with E-state index in [1.807, 2.05) is 24.3 Å². The average Bonchev–Trinajstić information content (AvgIpc) is 2.95. The minimum atomic E-state index is -0.0930. The second kappa shape index (κ2) is 13.0. The van der Waals surface area contributed by atoms with Crippen LogP contribution in [0, 0.1) is 0 Å². The molecule has 0 unspecified atom stereocenters. The van der Waals surface area contributed by atoms with Crippen molar-refractivity contribution in [3.05, 3.63) is 24.3 Å². The van der Waals surface area contributed by atoms with Crippen molar-refractivity contribution in [2.75, 3.05) is 51.7 Å². The van der Waals surface area contributed by atoms with Gasteiger partial charge in [-0.05, 0) is 51.0 Å². The number of hydrogen-bond acceptors (Lipinski definition) is 4. The number of carbonyl (C=O) groups excluding carboxylic acids is 1. The molecular weight excluding hydrogens is 354 g/mol. The highest BCUT2D eigenvalue weighted by Crippen LogP contribution is 2.17. The number of nitrogens with zero attached hydrogens (tertiary/aromatic N) is 2. The third kappa shape index (κ3) is 9.08. The molecule has 7 heteroatoms. The molecule has 156 valence electrons. The van der Waals surface area contributed by atoms with E-state index in [4.69, 9.17) is 4.74 Å². The van der Waals surface area contributed by atoms with E-state index in [-0.39, 0.29) is 5.91 Å². The number of guanidine groups is 1. The van der Waals surface area contributed by atoms with E-state index in [0.717, 1.165) is 36.9 Å². The van der Waals surface area contributed by atoms with Gasteiger partial charge in [0.25, 0.3) is 0 Å². The molecule has 0 saturated carbocycles. The Kier molecular flexibility index (Phi) is 10.2. The lowest BCUT2D eigenvalue weighted by Crippen LogP contribution is -2.40. The van der Waals surface area contributed by atoms with E-state index < -0.39 is 0 Å². The van der Waals surface area contributed by atoms with Gasteiger partial charge in [-0.25, -0.2) is 0 Å². The number of amides is 1. The Morgan fingerprint density at radius 3 is 2.61 bits per heavy atom. The van der Waals surface area contributed by atoms with Crippen LogP contribution in [0.3, 0.4) is 0 Å². The maximum atomic E-state index is 11.1. The molecular formula is C21H35N5O2. The molecule has 1 aromatic rings. The molecule has 7 nitrogen and oxygen atoms in total. The molecule has 0 atom stereocenters. The molecule has 28 heavy (non-hydrogen) atoms. The van der Waals surface area contributed by atoms with Crippen LogP contribution in [0.5, 0.6) is 5.75 Å². The Morgan fingerprint density at radius 2 is 1.89 bits per heavy atom. The molecule has 0 aromatic heterocycles. The van der Waals surface area contributed by atoms with Gasteiger partial charge in [0.2, 0.25) is 5.91 Å². The van der Waals surface area contributed by atoms with Crippen molar-refractivity contribution in [1.29, 1.82) is 0 Å². The number of benzene rings is 1. The summed E-state index contributed by atoms with van der Waals surface area (Å²) in [5.74, 6) is 1.43. The smallest absolute Gasteiger partial charge is 0.221 e. The fourth-order valence-electron chi connectivity index (χ4n) is 3.30. The standard InChI is InChI=1S/C21H35N5O2/c1-18(27)25-19-9-7-10-20(17-19)28-16-12-24-21(22-2)23-11-8-15-26-13-5-3-4-6-14-26/h7,9-10,17H,3-6,8,11-16H2,1-2H3,(H,25,27)(H2,22,23,24). The maximum absolute atomic E-state index is 11.1. The van der Waals surface area contributed by atoms with Crippen molar-refractivity contribution in [3.63, 3.8) is 0 Å². The molecule has 0 radical (unpaired) electrons. The summed E-state index contributed by atoms with van der Waals surface area (Å²) in [4.78, 5) is 18.0. The average molecular weight is 390 g/mol. The maximum Gasteiger partial charge on any atom is 0.221 e. The van der Waals surface area contributed by atoms with E-state index in [1.165, 1.54) is 45.7 Å². The van der Waals surface area contributed by atoms with Crippen LogP contribution in [0.1, 0.15) is 39.0 Å². The van der Waals surface area contributed by atoms with Crippen LogP contribution in [-0.4, -0.2) is 63.1 Å². The van der Waals surface area contributed by atoms with Crippen LogP contribution in [0.15, 0.2) is 29.3 Å². The number of hydrogen-bond donors (Lipinski definition) is 3. The van der Waals surface area contributed by atoms with Crippen molar-refractivity contribution in [2.45, 2.75) is 39.0 Å². The van der Waals surface area contributed by atoms with Crippen LogP contribution in [0.4, 0.5) is 5.69 Å². The highest BCUT2D eigenvalue weighted by atomic mass is 16.5. The minimum absolute atomic E-state index is 0.0930. The Balaban J connectivity index is 1.58. The summed E-state index contributed by atoms with van der Waals surface area (Å²) < 4.78 is 5.74. The largest absolute Gasteiger partial charge is 0.492 e. The molecule has 1 amide bonds.